The summed E-state index contributed by atoms with van der Waals surface area (Å²) in [4.78, 5) is 61.8. The summed E-state index contributed by atoms with van der Waals surface area (Å²) in [5, 5.41) is 9.57. The van der Waals surface area contributed by atoms with Crippen LogP contribution in [0.2, 0.25) is 0 Å². The summed E-state index contributed by atoms with van der Waals surface area (Å²) in [5.74, 6) is 10.5. The second-order valence-electron chi connectivity index (χ2n) is 18.4. The van der Waals surface area contributed by atoms with Crippen LogP contribution in [0.25, 0.3) is 22.4 Å². The lowest BCUT2D eigenvalue weighted by atomic mass is 9.89. The third-order valence-corrected chi connectivity index (χ3v) is 12.4. The fourth-order valence-electron chi connectivity index (χ4n) is 9.25. The van der Waals surface area contributed by atoms with E-state index < -0.39 is 0 Å². The Morgan fingerprint density at radius 1 is 0.821 bits per heavy atom. The predicted octanol–water partition coefficient (Wildman–Crippen LogP) is 7.30. The van der Waals surface area contributed by atoms with Gasteiger partial charge in [0.15, 0.2) is 0 Å². The number of hydrogen-bond donors (Lipinski definition) is 5. The number of nitrogens with one attached hydrogen (secondary N) is 5. The van der Waals surface area contributed by atoms with E-state index >= 15 is 0 Å². The largest absolute Gasteiger partial charge is 0.471 e. The number of imidazole rings is 2. The zero-order chi connectivity index (χ0) is 49.0. The number of benzene rings is 2. The van der Waals surface area contributed by atoms with E-state index in [9.17, 15) is 9.59 Å². The Labute approximate surface area is 398 Å². The van der Waals surface area contributed by atoms with Gasteiger partial charge in [-0.25, -0.2) is 9.97 Å². The summed E-state index contributed by atoms with van der Waals surface area (Å²) in [6.45, 7) is 13.3. The molecule has 364 valence electrons. The van der Waals surface area contributed by atoms with E-state index in [0.29, 0.717) is 55.2 Å². The van der Waals surface area contributed by atoms with Gasteiger partial charge in [-0.2, -0.15) is 0 Å². The number of likely N-dealkylation sites (tertiary alicyclic amines) is 2. The SMILES string of the molecule is CC(C)CC(=O)N1CCC[C@H]1c1ncc(-c2ccc(-c3ccc(C#Cc4cnc(C5CCCN5C)[nH]4)c4c3C3CC(C)CC4N3)cc2)[nH]1.CNC.CNC(C=O)C(C)C.COC=O.COC=O. The first-order valence-electron chi connectivity index (χ1n) is 23.6. The van der Waals surface area contributed by atoms with E-state index in [2.05, 4.69) is 121 Å². The van der Waals surface area contributed by atoms with Crippen molar-refractivity contribution in [2.75, 3.05) is 55.5 Å². The van der Waals surface area contributed by atoms with Crippen LogP contribution in [0.15, 0.2) is 48.8 Å². The fraction of sp³-hybridized carbons (Fsp3) is 0.538. The summed E-state index contributed by atoms with van der Waals surface area (Å²) in [5.41, 5.74) is 9.39. The molecule has 15 nitrogen and oxygen atoms in total. The number of aromatic amines is 2. The van der Waals surface area contributed by atoms with Crippen molar-refractivity contribution >= 4 is 25.1 Å². The number of rotatable bonds is 11. The van der Waals surface area contributed by atoms with Crippen LogP contribution in [-0.4, -0.2) is 116 Å². The van der Waals surface area contributed by atoms with Gasteiger partial charge in [0, 0.05) is 30.6 Å². The first-order valence-corrected chi connectivity index (χ1v) is 23.6. The molecule has 4 aliphatic rings. The molecule has 2 bridgehead atoms. The summed E-state index contributed by atoms with van der Waals surface area (Å²) in [7, 11) is 10.3. The van der Waals surface area contributed by atoms with Crippen molar-refractivity contribution in [3.05, 3.63) is 82.8 Å². The molecule has 5 N–H and O–H groups in total. The monoisotopic (exact) mass is 922 g/mol. The molecule has 8 rings (SSSR count). The number of likely N-dealkylation sites (N-methyl/N-ethyl adjacent to an activating group) is 1. The number of methoxy groups -OCH3 is 2. The third-order valence-electron chi connectivity index (χ3n) is 12.4. The van der Waals surface area contributed by atoms with Gasteiger partial charge in [-0.3, -0.25) is 19.3 Å². The van der Waals surface area contributed by atoms with Crippen LogP contribution in [0.1, 0.15) is 138 Å². The van der Waals surface area contributed by atoms with E-state index in [1.165, 1.54) is 42.9 Å². The molecule has 3 saturated heterocycles. The average molecular weight is 922 g/mol. The molecular weight excluding hydrogens is 847 g/mol. The Bertz CT molecular complexity index is 2220. The number of amides is 1. The molecular formula is C52H75N9O6. The number of aromatic nitrogens is 4. The van der Waals surface area contributed by atoms with Gasteiger partial charge in [0.25, 0.3) is 12.9 Å². The lowest BCUT2D eigenvalue weighted by Gasteiger charge is -2.27. The second-order valence-corrected chi connectivity index (χ2v) is 18.4. The molecule has 1 amide bonds. The highest BCUT2D eigenvalue weighted by Crippen LogP contribution is 2.50. The number of aldehydes is 1. The Morgan fingerprint density at radius 2 is 1.40 bits per heavy atom. The Balaban J connectivity index is 0.000000440. The van der Waals surface area contributed by atoms with Gasteiger partial charge < -0.3 is 45.1 Å². The molecule has 4 aromatic rings. The smallest absolute Gasteiger partial charge is 0.292 e. The van der Waals surface area contributed by atoms with Gasteiger partial charge in [0.2, 0.25) is 5.91 Å². The summed E-state index contributed by atoms with van der Waals surface area (Å²) in [6, 6.07) is 14.4. The van der Waals surface area contributed by atoms with Crippen LogP contribution in [0.3, 0.4) is 0 Å². The highest BCUT2D eigenvalue weighted by atomic mass is 16.5. The van der Waals surface area contributed by atoms with Crippen molar-refractivity contribution < 1.29 is 28.7 Å². The van der Waals surface area contributed by atoms with Crippen LogP contribution < -0.4 is 16.0 Å². The van der Waals surface area contributed by atoms with Crippen molar-refractivity contribution in [2.24, 2.45) is 17.8 Å². The standard InChI is InChI=1S/C40H47N7O.C6H13NO.C2H7N.2C2H4O2/c1-24(2)19-36(48)47-18-6-8-35(47)40-42-23-33(45-40)27-11-9-26(10-12-27)30-16-14-28(37-31-20-25(3)21-32(44-31)38(30)37)13-15-29-22-41-39(43-29)34-7-5-17-46(34)4;1-5(2)6(4-8)7-3;1-3-2;2*1-4-2-3/h9-12,14,16,22-25,31-32,34-35,44H,5-8,17-21H2,1-4H3,(H,41,43)(H,42,45);4-7H,1-3H3;3H,1-2H3;2*2H,1H3/t25?,31?,32?,34?,35-;;;;/m0..../s1. The third kappa shape index (κ3) is 14.7. The number of H-pyrrole nitrogens is 2. The number of carbonyl (C=O) groups is 4. The second kappa shape index (κ2) is 27.2. The molecule has 4 aliphatic heterocycles. The maximum Gasteiger partial charge on any atom is 0.292 e. The Hall–Kier alpha value is -5.66. The Morgan fingerprint density at radius 3 is 1.96 bits per heavy atom. The molecule has 2 aromatic carbocycles. The van der Waals surface area contributed by atoms with Crippen molar-refractivity contribution in [3.8, 4) is 34.2 Å². The van der Waals surface area contributed by atoms with Gasteiger partial charge in [-0.15, -0.1) is 0 Å². The summed E-state index contributed by atoms with van der Waals surface area (Å²) >= 11 is 0. The number of hydrogen-bond acceptors (Lipinski definition) is 12. The van der Waals surface area contributed by atoms with Crippen LogP contribution >= 0.6 is 0 Å². The van der Waals surface area contributed by atoms with Crippen LogP contribution in [0, 0.1) is 29.6 Å². The molecule has 15 heteroatoms. The Kier molecular flexibility index (Phi) is 21.9. The van der Waals surface area contributed by atoms with Crippen molar-refractivity contribution in [1.82, 2.24) is 45.7 Å². The van der Waals surface area contributed by atoms with Gasteiger partial charge in [-0.1, -0.05) is 70.9 Å². The van der Waals surface area contributed by atoms with Crippen molar-refractivity contribution in [3.63, 3.8) is 0 Å². The molecule has 0 radical (unpaired) electrons. The van der Waals surface area contributed by atoms with Crippen LogP contribution in [0.5, 0.6) is 0 Å². The fourth-order valence-corrected chi connectivity index (χ4v) is 9.25. The number of piperidine rings is 1. The van der Waals surface area contributed by atoms with Crippen LogP contribution in [0.4, 0.5) is 0 Å². The molecule has 6 atom stereocenters. The van der Waals surface area contributed by atoms with Gasteiger partial charge >= 0.3 is 0 Å². The lowest BCUT2D eigenvalue weighted by molar-refractivity contribution is -0.133. The number of ether oxygens (including phenoxy) is 2. The zero-order valence-corrected chi connectivity index (χ0v) is 41.6. The van der Waals surface area contributed by atoms with Gasteiger partial charge in [0.1, 0.15) is 23.6 Å². The first-order chi connectivity index (χ1) is 32.3. The minimum atomic E-state index is 0.0231. The number of fused-ring (bicyclic) bond motifs is 5. The van der Waals surface area contributed by atoms with E-state index in [0.717, 1.165) is 85.6 Å². The highest BCUT2D eigenvalue weighted by molar-refractivity contribution is 5.77. The van der Waals surface area contributed by atoms with Crippen molar-refractivity contribution in [1.29, 1.82) is 0 Å². The van der Waals surface area contributed by atoms with E-state index in [1.807, 2.05) is 45.2 Å². The zero-order valence-electron chi connectivity index (χ0n) is 41.6. The normalized spacial score (nSPS) is 20.5. The molecule has 2 aromatic heterocycles. The highest BCUT2D eigenvalue weighted by Gasteiger charge is 2.40. The molecule has 3 fully saturated rings. The molecule has 6 heterocycles. The van der Waals surface area contributed by atoms with Gasteiger partial charge in [-0.05, 0) is 131 Å². The minimum Gasteiger partial charge on any atom is -0.471 e. The maximum atomic E-state index is 12.9. The lowest BCUT2D eigenvalue weighted by Crippen LogP contribution is -2.31. The van der Waals surface area contributed by atoms with Crippen LogP contribution in [-0.2, 0) is 28.7 Å². The summed E-state index contributed by atoms with van der Waals surface area (Å²) in [6.07, 6.45) is 11.9. The predicted molar refractivity (Wildman–Crippen MR) is 264 cm³/mol. The van der Waals surface area contributed by atoms with E-state index in [4.69, 9.17) is 14.6 Å². The molecule has 0 spiro atoms. The molecule has 0 saturated carbocycles. The van der Waals surface area contributed by atoms with E-state index in [-0.39, 0.29) is 18.0 Å². The maximum absolute atomic E-state index is 12.9. The summed E-state index contributed by atoms with van der Waals surface area (Å²) < 4.78 is 7.72. The molecule has 5 unspecified atom stereocenters. The quantitative estimate of drug-likeness (QED) is 0.0748. The minimum absolute atomic E-state index is 0.0231. The first kappa shape index (κ1) is 54.0. The molecule has 67 heavy (non-hydrogen) atoms. The topological polar surface area (TPSA) is 187 Å². The van der Waals surface area contributed by atoms with Gasteiger partial charge in [0.05, 0.1) is 50.4 Å². The van der Waals surface area contributed by atoms with Crippen molar-refractivity contribution in [2.45, 2.75) is 110 Å². The number of carbonyl (C=O) groups excluding carboxylic acids is 4. The average Bonchev–Trinajstić information content (AvgIpc) is 4.18. The number of nitrogens with zero attached hydrogens (tertiary/aromatic N) is 4. The molecule has 0 aliphatic carbocycles. The van der Waals surface area contributed by atoms with E-state index in [1.54, 1.807) is 7.05 Å².